The van der Waals surface area contributed by atoms with Gasteiger partial charge in [-0.25, -0.2) is 14.5 Å². The molecule has 31 heavy (non-hydrogen) atoms. The van der Waals surface area contributed by atoms with Crippen molar-refractivity contribution in [2.75, 3.05) is 12.4 Å². The number of hydrogen-bond donors (Lipinski definition) is 1. The van der Waals surface area contributed by atoms with E-state index < -0.39 is 17.9 Å². The second-order valence-electron chi connectivity index (χ2n) is 6.29. The van der Waals surface area contributed by atoms with Crippen molar-refractivity contribution in [1.29, 1.82) is 0 Å². The average molecular weight is 455 g/mol. The summed E-state index contributed by atoms with van der Waals surface area (Å²) in [7, 11) is 1.27. The standard InChI is InChI=1S/C20H15ClN6O3S/c1-30-19(29)15-17(13-7-9-14(21)10-8-13)31-20(23-15)24-18(28)16(27-11-22-25-26-27)12-5-3-2-4-6-12/h2-11,16H,1H3,(H,23,24,28). The molecule has 2 aromatic heterocycles. The summed E-state index contributed by atoms with van der Waals surface area (Å²) in [5.74, 6) is -1.02. The molecule has 9 nitrogen and oxygen atoms in total. The molecule has 1 unspecified atom stereocenters. The monoisotopic (exact) mass is 454 g/mol. The van der Waals surface area contributed by atoms with Crippen LogP contribution in [0, 0.1) is 0 Å². The Hall–Kier alpha value is -3.63. The predicted octanol–water partition coefficient (Wildman–Crippen LogP) is 3.46. The number of halogens is 1. The number of nitrogens with zero attached hydrogens (tertiary/aromatic N) is 5. The minimum atomic E-state index is -0.819. The van der Waals surface area contributed by atoms with Crippen LogP contribution in [0.1, 0.15) is 22.1 Å². The van der Waals surface area contributed by atoms with Crippen LogP contribution >= 0.6 is 22.9 Å². The van der Waals surface area contributed by atoms with E-state index in [9.17, 15) is 9.59 Å². The third kappa shape index (κ3) is 4.44. The number of carbonyl (C=O) groups excluding carboxylic acids is 2. The Bertz CT molecular complexity index is 1200. The molecular formula is C20H15ClN6O3S. The smallest absolute Gasteiger partial charge is 0.358 e. The van der Waals surface area contributed by atoms with E-state index in [1.165, 1.54) is 18.1 Å². The van der Waals surface area contributed by atoms with E-state index in [0.29, 0.717) is 15.5 Å². The van der Waals surface area contributed by atoms with E-state index in [0.717, 1.165) is 16.9 Å². The summed E-state index contributed by atoms with van der Waals surface area (Å²) in [6.45, 7) is 0. The Morgan fingerprint density at radius 2 is 1.87 bits per heavy atom. The number of benzene rings is 2. The summed E-state index contributed by atoms with van der Waals surface area (Å²) in [5.41, 5.74) is 1.52. The molecule has 0 fully saturated rings. The zero-order valence-electron chi connectivity index (χ0n) is 16.1. The molecule has 4 rings (SSSR count). The summed E-state index contributed by atoms with van der Waals surface area (Å²) in [6.07, 6.45) is 1.36. The molecule has 0 aliphatic carbocycles. The Kier molecular flexibility index (Phi) is 6.01. The lowest BCUT2D eigenvalue weighted by Gasteiger charge is -2.15. The van der Waals surface area contributed by atoms with E-state index in [2.05, 4.69) is 25.8 Å². The van der Waals surface area contributed by atoms with Crippen LogP contribution in [0.2, 0.25) is 5.02 Å². The molecule has 2 heterocycles. The first-order valence-electron chi connectivity index (χ1n) is 9.00. The van der Waals surface area contributed by atoms with Gasteiger partial charge in [-0.05, 0) is 33.7 Å². The number of esters is 1. The van der Waals surface area contributed by atoms with E-state index in [-0.39, 0.29) is 10.8 Å². The number of methoxy groups -OCH3 is 1. The maximum absolute atomic E-state index is 13.2. The van der Waals surface area contributed by atoms with Gasteiger partial charge in [0.05, 0.1) is 12.0 Å². The molecule has 156 valence electrons. The largest absolute Gasteiger partial charge is 0.464 e. The van der Waals surface area contributed by atoms with Gasteiger partial charge in [-0.15, -0.1) is 5.10 Å². The Morgan fingerprint density at radius 3 is 2.52 bits per heavy atom. The number of hydrogen-bond acceptors (Lipinski definition) is 8. The van der Waals surface area contributed by atoms with Crippen molar-refractivity contribution in [3.63, 3.8) is 0 Å². The molecule has 0 aliphatic heterocycles. The summed E-state index contributed by atoms with van der Waals surface area (Å²) < 4.78 is 6.20. The van der Waals surface area contributed by atoms with Crippen molar-refractivity contribution in [2.24, 2.45) is 0 Å². The number of carbonyl (C=O) groups is 2. The van der Waals surface area contributed by atoms with Crippen molar-refractivity contribution in [2.45, 2.75) is 6.04 Å². The van der Waals surface area contributed by atoms with Crippen LogP contribution in [-0.4, -0.2) is 44.2 Å². The van der Waals surface area contributed by atoms with Crippen LogP contribution in [-0.2, 0) is 9.53 Å². The summed E-state index contributed by atoms with van der Waals surface area (Å²) >= 11 is 7.12. The molecule has 0 saturated heterocycles. The second kappa shape index (κ2) is 9.02. The highest BCUT2D eigenvalue weighted by molar-refractivity contribution is 7.19. The first-order chi connectivity index (χ1) is 15.1. The molecule has 0 spiro atoms. The molecule has 0 bridgehead atoms. The second-order valence-corrected chi connectivity index (χ2v) is 7.72. The third-order valence-corrected chi connectivity index (χ3v) is 5.61. The van der Waals surface area contributed by atoms with Gasteiger partial charge >= 0.3 is 5.97 Å². The lowest BCUT2D eigenvalue weighted by molar-refractivity contribution is -0.118. The molecule has 0 saturated carbocycles. The molecule has 0 aliphatic rings. The maximum atomic E-state index is 13.2. The summed E-state index contributed by atoms with van der Waals surface area (Å²) in [5, 5.41) is 14.7. The van der Waals surface area contributed by atoms with Crippen LogP contribution in [0.15, 0.2) is 60.9 Å². The lowest BCUT2D eigenvalue weighted by Crippen LogP contribution is -2.27. The molecular weight excluding hydrogens is 440 g/mol. The van der Waals surface area contributed by atoms with Gasteiger partial charge in [0.15, 0.2) is 16.9 Å². The molecule has 0 radical (unpaired) electrons. The van der Waals surface area contributed by atoms with Crippen LogP contribution in [0.25, 0.3) is 10.4 Å². The minimum Gasteiger partial charge on any atom is -0.464 e. The number of aromatic nitrogens is 5. The fourth-order valence-corrected chi connectivity index (χ4v) is 4.01. The fraction of sp³-hybridized carbons (Fsp3) is 0.100. The van der Waals surface area contributed by atoms with Gasteiger partial charge in [0.1, 0.15) is 6.33 Å². The molecule has 1 atom stereocenters. The van der Waals surface area contributed by atoms with E-state index in [1.807, 2.05) is 18.2 Å². The van der Waals surface area contributed by atoms with Crippen molar-refractivity contribution >= 4 is 39.9 Å². The number of nitrogens with one attached hydrogen (secondary N) is 1. The fourth-order valence-electron chi connectivity index (χ4n) is 2.93. The average Bonchev–Trinajstić information content (AvgIpc) is 3.45. The molecule has 4 aromatic rings. The van der Waals surface area contributed by atoms with Gasteiger partial charge in [0.2, 0.25) is 0 Å². The highest BCUT2D eigenvalue weighted by Crippen LogP contribution is 2.34. The topological polar surface area (TPSA) is 112 Å². The van der Waals surface area contributed by atoms with Gasteiger partial charge in [-0.3, -0.25) is 10.1 Å². The number of thiazole rings is 1. The number of tetrazole rings is 1. The maximum Gasteiger partial charge on any atom is 0.358 e. The van der Waals surface area contributed by atoms with Gasteiger partial charge in [0, 0.05) is 5.02 Å². The zero-order valence-corrected chi connectivity index (χ0v) is 17.7. The van der Waals surface area contributed by atoms with Gasteiger partial charge in [0.25, 0.3) is 5.91 Å². The number of rotatable bonds is 6. The highest BCUT2D eigenvalue weighted by atomic mass is 35.5. The van der Waals surface area contributed by atoms with Crippen molar-refractivity contribution in [3.05, 3.63) is 77.2 Å². The third-order valence-electron chi connectivity index (χ3n) is 4.34. The van der Waals surface area contributed by atoms with E-state index in [1.54, 1.807) is 36.4 Å². The Labute approximate surface area is 185 Å². The van der Waals surface area contributed by atoms with Crippen LogP contribution < -0.4 is 5.32 Å². The van der Waals surface area contributed by atoms with Crippen LogP contribution in [0.4, 0.5) is 5.13 Å². The van der Waals surface area contributed by atoms with Gasteiger partial charge < -0.3 is 4.74 Å². The van der Waals surface area contributed by atoms with Gasteiger partial charge in [-0.1, -0.05) is 65.4 Å². The normalized spacial score (nSPS) is 11.7. The van der Waals surface area contributed by atoms with Crippen LogP contribution in [0.5, 0.6) is 0 Å². The first kappa shape index (κ1) is 20.6. The van der Waals surface area contributed by atoms with E-state index in [4.69, 9.17) is 16.3 Å². The van der Waals surface area contributed by atoms with Crippen LogP contribution in [0.3, 0.4) is 0 Å². The number of amides is 1. The lowest BCUT2D eigenvalue weighted by atomic mass is 10.1. The molecule has 1 N–H and O–H groups in total. The quantitative estimate of drug-likeness (QED) is 0.444. The number of anilines is 1. The summed E-state index contributed by atoms with van der Waals surface area (Å²) in [4.78, 5) is 30.3. The molecule has 11 heteroatoms. The molecule has 1 amide bonds. The zero-order chi connectivity index (χ0) is 21.8. The van der Waals surface area contributed by atoms with Gasteiger partial charge in [-0.2, -0.15) is 0 Å². The SMILES string of the molecule is COC(=O)c1nc(NC(=O)C(c2ccccc2)n2cnnn2)sc1-c1ccc(Cl)cc1. The molecule has 2 aromatic carbocycles. The highest BCUT2D eigenvalue weighted by Gasteiger charge is 2.27. The van der Waals surface area contributed by atoms with E-state index >= 15 is 0 Å². The van der Waals surface area contributed by atoms with Crippen molar-refractivity contribution in [3.8, 4) is 10.4 Å². The Balaban J connectivity index is 1.68. The summed E-state index contributed by atoms with van der Waals surface area (Å²) in [6, 6.07) is 15.2. The Morgan fingerprint density at radius 1 is 1.13 bits per heavy atom. The first-order valence-corrected chi connectivity index (χ1v) is 10.2. The van der Waals surface area contributed by atoms with Crippen molar-refractivity contribution in [1.82, 2.24) is 25.2 Å². The number of ether oxygens (including phenoxy) is 1. The predicted molar refractivity (Wildman–Crippen MR) is 115 cm³/mol. The minimum absolute atomic E-state index is 0.101. The van der Waals surface area contributed by atoms with Crippen molar-refractivity contribution < 1.29 is 14.3 Å².